The zero-order chi connectivity index (χ0) is 13.5. The number of halogens is 3. The van der Waals surface area contributed by atoms with Gasteiger partial charge in [-0.05, 0) is 30.3 Å². The van der Waals surface area contributed by atoms with Crippen molar-refractivity contribution < 1.29 is 17.6 Å². The largest absolute Gasteiger partial charge is 0.435 e. The Morgan fingerprint density at radius 3 is 2.58 bits per heavy atom. The predicted octanol–water partition coefficient (Wildman–Crippen LogP) is 3.91. The van der Waals surface area contributed by atoms with Gasteiger partial charge in [0.05, 0.1) is 5.56 Å². The van der Waals surface area contributed by atoms with Crippen molar-refractivity contribution in [1.82, 2.24) is 9.97 Å². The molecule has 0 radical (unpaired) electrons. The molecule has 0 bridgehead atoms. The summed E-state index contributed by atoms with van der Waals surface area (Å²) < 4.78 is 43.1. The molecule has 19 heavy (non-hydrogen) atoms. The molecule has 0 spiro atoms. The van der Waals surface area contributed by atoms with Crippen LogP contribution in [0.2, 0.25) is 0 Å². The van der Waals surface area contributed by atoms with Crippen LogP contribution in [0.4, 0.5) is 13.2 Å². The third-order valence-corrected chi connectivity index (χ3v) is 2.60. The molecule has 0 amide bonds. The maximum atomic E-state index is 12.6. The van der Waals surface area contributed by atoms with E-state index in [1.165, 1.54) is 6.07 Å². The highest BCUT2D eigenvalue weighted by Gasteiger charge is 2.31. The summed E-state index contributed by atoms with van der Waals surface area (Å²) in [5.41, 5.74) is 0.192. The minimum Gasteiger partial charge on any atom is -0.435 e. The summed E-state index contributed by atoms with van der Waals surface area (Å²) >= 11 is 0. The Morgan fingerprint density at radius 2 is 1.89 bits per heavy atom. The van der Waals surface area contributed by atoms with Crippen LogP contribution >= 0.6 is 0 Å². The molecule has 0 aliphatic heterocycles. The molecule has 0 fully saturated rings. The van der Waals surface area contributed by atoms with Gasteiger partial charge in [0, 0.05) is 6.20 Å². The molecule has 0 atom stereocenters. The SMILES string of the molecule is FC(F)(F)c1ccc2oc(-c3ccccn3)nc2c1. The van der Waals surface area contributed by atoms with E-state index in [-0.39, 0.29) is 11.4 Å². The maximum absolute atomic E-state index is 12.6. The quantitative estimate of drug-likeness (QED) is 0.669. The van der Waals surface area contributed by atoms with Gasteiger partial charge in [-0.3, -0.25) is 4.98 Å². The molecule has 0 N–H and O–H groups in total. The summed E-state index contributed by atoms with van der Waals surface area (Å²) in [7, 11) is 0. The van der Waals surface area contributed by atoms with Crippen LogP contribution in [-0.4, -0.2) is 9.97 Å². The van der Waals surface area contributed by atoms with E-state index in [9.17, 15) is 13.2 Å². The van der Waals surface area contributed by atoms with Crippen LogP contribution in [0, 0.1) is 0 Å². The second-order valence-electron chi connectivity index (χ2n) is 3.91. The summed E-state index contributed by atoms with van der Waals surface area (Å²) in [5.74, 6) is 0.204. The number of hydrogen-bond acceptors (Lipinski definition) is 3. The topological polar surface area (TPSA) is 38.9 Å². The van der Waals surface area contributed by atoms with Crippen LogP contribution < -0.4 is 0 Å². The molecular weight excluding hydrogens is 257 g/mol. The molecule has 1 aromatic carbocycles. The lowest BCUT2D eigenvalue weighted by Crippen LogP contribution is -2.03. The number of alkyl halides is 3. The number of nitrogens with zero attached hydrogens (tertiary/aromatic N) is 2. The summed E-state index contributed by atoms with van der Waals surface area (Å²) in [6.45, 7) is 0. The number of pyridine rings is 1. The van der Waals surface area contributed by atoms with Gasteiger partial charge in [-0.1, -0.05) is 6.07 Å². The predicted molar refractivity (Wildman–Crippen MR) is 62.2 cm³/mol. The molecule has 96 valence electrons. The zero-order valence-electron chi connectivity index (χ0n) is 9.48. The molecule has 0 aliphatic rings. The zero-order valence-corrected chi connectivity index (χ0v) is 9.48. The molecule has 6 heteroatoms. The minimum absolute atomic E-state index is 0.162. The van der Waals surface area contributed by atoms with Crippen molar-refractivity contribution in [2.24, 2.45) is 0 Å². The maximum Gasteiger partial charge on any atom is 0.416 e. The fraction of sp³-hybridized carbons (Fsp3) is 0.0769. The molecule has 3 nitrogen and oxygen atoms in total. The van der Waals surface area contributed by atoms with Crippen molar-refractivity contribution in [2.45, 2.75) is 6.18 Å². The summed E-state index contributed by atoms with van der Waals surface area (Å²) in [5, 5.41) is 0. The Kier molecular flexibility index (Phi) is 2.51. The highest BCUT2D eigenvalue weighted by Crippen LogP contribution is 2.32. The lowest BCUT2D eigenvalue weighted by molar-refractivity contribution is -0.137. The Bertz CT molecular complexity index is 720. The van der Waals surface area contributed by atoms with Gasteiger partial charge in [0.1, 0.15) is 11.2 Å². The van der Waals surface area contributed by atoms with Crippen LogP contribution in [0.25, 0.3) is 22.7 Å². The highest BCUT2D eigenvalue weighted by atomic mass is 19.4. The number of rotatable bonds is 1. The van der Waals surface area contributed by atoms with Crippen LogP contribution in [0.1, 0.15) is 5.56 Å². The Balaban J connectivity index is 2.12. The second kappa shape index (κ2) is 4.08. The first kappa shape index (κ1) is 11.7. The van der Waals surface area contributed by atoms with Crippen LogP contribution in [-0.2, 0) is 6.18 Å². The van der Waals surface area contributed by atoms with E-state index in [0.29, 0.717) is 11.3 Å². The molecule has 2 heterocycles. The van der Waals surface area contributed by atoms with Gasteiger partial charge in [-0.2, -0.15) is 13.2 Å². The first-order valence-corrected chi connectivity index (χ1v) is 5.43. The summed E-state index contributed by atoms with van der Waals surface area (Å²) in [6.07, 6.45) is -2.83. The van der Waals surface area contributed by atoms with Gasteiger partial charge < -0.3 is 4.42 Å². The number of benzene rings is 1. The van der Waals surface area contributed by atoms with Crippen LogP contribution in [0.15, 0.2) is 47.0 Å². The fourth-order valence-electron chi connectivity index (χ4n) is 1.70. The van der Waals surface area contributed by atoms with E-state index in [0.717, 1.165) is 12.1 Å². The van der Waals surface area contributed by atoms with Gasteiger partial charge in [0.15, 0.2) is 5.58 Å². The van der Waals surface area contributed by atoms with E-state index in [1.54, 1.807) is 24.4 Å². The average Bonchev–Trinajstić information content (AvgIpc) is 2.81. The van der Waals surface area contributed by atoms with Crippen LogP contribution in [0.3, 0.4) is 0 Å². The van der Waals surface area contributed by atoms with Gasteiger partial charge in [-0.25, -0.2) is 4.98 Å². The molecule has 3 rings (SSSR count). The van der Waals surface area contributed by atoms with E-state index < -0.39 is 11.7 Å². The molecule has 0 saturated carbocycles. The minimum atomic E-state index is -4.39. The number of oxazole rings is 1. The third-order valence-electron chi connectivity index (χ3n) is 2.60. The molecule has 0 unspecified atom stereocenters. The monoisotopic (exact) mass is 264 g/mol. The highest BCUT2D eigenvalue weighted by molar-refractivity contribution is 5.76. The van der Waals surface area contributed by atoms with E-state index in [2.05, 4.69) is 9.97 Å². The van der Waals surface area contributed by atoms with Gasteiger partial charge in [0.2, 0.25) is 5.89 Å². The van der Waals surface area contributed by atoms with Crippen molar-refractivity contribution in [3.63, 3.8) is 0 Å². The smallest absolute Gasteiger partial charge is 0.416 e. The molecule has 0 saturated heterocycles. The lowest BCUT2D eigenvalue weighted by Gasteiger charge is -2.04. The Hall–Kier alpha value is -2.37. The van der Waals surface area contributed by atoms with Gasteiger partial charge in [0.25, 0.3) is 0 Å². The van der Waals surface area contributed by atoms with Crippen LogP contribution in [0.5, 0.6) is 0 Å². The summed E-state index contributed by atoms with van der Waals surface area (Å²) in [4.78, 5) is 8.06. The van der Waals surface area contributed by atoms with E-state index in [4.69, 9.17) is 4.42 Å². The Morgan fingerprint density at radius 1 is 1.05 bits per heavy atom. The van der Waals surface area contributed by atoms with Gasteiger partial charge >= 0.3 is 6.18 Å². The van der Waals surface area contributed by atoms with Crippen molar-refractivity contribution >= 4 is 11.1 Å². The molecular formula is C13H7F3N2O. The lowest BCUT2D eigenvalue weighted by atomic mass is 10.2. The number of aromatic nitrogens is 2. The first-order valence-electron chi connectivity index (χ1n) is 5.43. The molecule has 2 aromatic heterocycles. The first-order chi connectivity index (χ1) is 9.04. The third kappa shape index (κ3) is 2.16. The fourth-order valence-corrected chi connectivity index (χ4v) is 1.70. The molecule has 3 aromatic rings. The van der Waals surface area contributed by atoms with Crippen molar-refractivity contribution in [3.05, 3.63) is 48.2 Å². The van der Waals surface area contributed by atoms with E-state index in [1.807, 2.05) is 0 Å². The van der Waals surface area contributed by atoms with Crippen molar-refractivity contribution in [2.75, 3.05) is 0 Å². The van der Waals surface area contributed by atoms with Gasteiger partial charge in [-0.15, -0.1) is 0 Å². The average molecular weight is 264 g/mol. The number of fused-ring (bicyclic) bond motifs is 1. The Labute approximate surface area is 105 Å². The van der Waals surface area contributed by atoms with Crippen molar-refractivity contribution in [1.29, 1.82) is 0 Å². The normalized spacial score (nSPS) is 11.9. The van der Waals surface area contributed by atoms with Crippen molar-refractivity contribution in [3.8, 4) is 11.6 Å². The molecule has 0 aliphatic carbocycles. The van der Waals surface area contributed by atoms with E-state index >= 15 is 0 Å². The number of hydrogen-bond donors (Lipinski definition) is 0. The standard InChI is InChI=1S/C13H7F3N2O/c14-13(15,16)8-4-5-11-10(7-8)18-12(19-11)9-3-1-2-6-17-9/h1-7H. The summed E-state index contributed by atoms with van der Waals surface area (Å²) in [6, 6.07) is 8.35. The second-order valence-corrected chi connectivity index (χ2v) is 3.91.